The zero-order valence-electron chi connectivity index (χ0n) is 22.8. The van der Waals surface area contributed by atoms with E-state index < -0.39 is 0 Å². The Morgan fingerprint density at radius 3 is 2.32 bits per heavy atom. The second-order valence-corrected chi connectivity index (χ2v) is 9.56. The quantitative estimate of drug-likeness (QED) is 0.301. The largest absolute Gasteiger partial charge is 0.493 e. The summed E-state index contributed by atoms with van der Waals surface area (Å²) in [5.74, 6) is 2.25. The van der Waals surface area contributed by atoms with Crippen molar-refractivity contribution in [1.82, 2.24) is 15.0 Å². The van der Waals surface area contributed by atoms with Gasteiger partial charge in [0.2, 0.25) is 17.6 Å². The summed E-state index contributed by atoms with van der Waals surface area (Å²) < 4.78 is 16.4. The molecule has 1 amide bonds. The second-order valence-electron chi connectivity index (χ2n) is 9.56. The number of likely N-dealkylation sites (N-methyl/N-ethyl adjacent to an activating group) is 1. The van der Waals surface area contributed by atoms with Gasteiger partial charge in [-0.05, 0) is 74.0 Å². The minimum absolute atomic E-state index is 0.0995. The molecule has 198 valence electrons. The standard InChI is InChI=1S/C30H34N4O4/c1-19-15-22(7-10-25(19)26-11-8-23(16-20(26)2)30-31-21(3)38-33-30)17-29(35)32-24-9-12-27(36-6)28(18-24)37-14-13-34(4)5/h7-12,15-16,18H,13-14,17H2,1-6H3,(H,32,35). The summed E-state index contributed by atoms with van der Waals surface area (Å²) in [6.45, 7) is 7.20. The van der Waals surface area contributed by atoms with E-state index in [1.54, 1.807) is 26.2 Å². The topological polar surface area (TPSA) is 89.7 Å². The number of carbonyl (C=O) groups is 1. The van der Waals surface area contributed by atoms with Gasteiger partial charge in [-0.15, -0.1) is 0 Å². The van der Waals surface area contributed by atoms with E-state index in [1.807, 2.05) is 37.2 Å². The maximum atomic E-state index is 12.8. The highest BCUT2D eigenvalue weighted by molar-refractivity contribution is 5.92. The van der Waals surface area contributed by atoms with E-state index in [-0.39, 0.29) is 12.3 Å². The fraction of sp³-hybridized carbons (Fsp3) is 0.300. The lowest BCUT2D eigenvalue weighted by Crippen LogP contribution is -2.19. The predicted octanol–water partition coefficient (Wildman–Crippen LogP) is 5.46. The molecular weight excluding hydrogens is 480 g/mol. The summed E-state index contributed by atoms with van der Waals surface area (Å²) in [5.41, 5.74) is 6.98. The number of carbonyl (C=O) groups excluding carboxylic acids is 1. The highest BCUT2D eigenvalue weighted by atomic mass is 16.5. The number of hydrogen-bond donors (Lipinski definition) is 1. The third-order valence-corrected chi connectivity index (χ3v) is 6.20. The zero-order chi connectivity index (χ0) is 27.2. The Labute approximate surface area is 223 Å². The highest BCUT2D eigenvalue weighted by Gasteiger charge is 2.13. The number of methoxy groups -OCH3 is 1. The summed E-state index contributed by atoms with van der Waals surface area (Å²) in [7, 11) is 5.57. The summed E-state index contributed by atoms with van der Waals surface area (Å²) in [6, 6.07) is 17.7. The van der Waals surface area contributed by atoms with Gasteiger partial charge in [-0.2, -0.15) is 4.98 Å². The van der Waals surface area contributed by atoms with Gasteiger partial charge in [0.1, 0.15) is 6.61 Å². The molecule has 8 heteroatoms. The van der Waals surface area contributed by atoms with Gasteiger partial charge in [0, 0.05) is 30.8 Å². The van der Waals surface area contributed by atoms with Gasteiger partial charge in [-0.1, -0.05) is 35.5 Å². The van der Waals surface area contributed by atoms with Crippen molar-refractivity contribution in [2.24, 2.45) is 0 Å². The van der Waals surface area contributed by atoms with Gasteiger partial charge < -0.3 is 24.2 Å². The van der Waals surface area contributed by atoms with Gasteiger partial charge in [0.15, 0.2) is 11.5 Å². The zero-order valence-corrected chi connectivity index (χ0v) is 22.8. The molecule has 1 N–H and O–H groups in total. The van der Waals surface area contributed by atoms with Crippen LogP contribution >= 0.6 is 0 Å². The number of ether oxygens (including phenoxy) is 2. The molecule has 3 aromatic carbocycles. The van der Waals surface area contributed by atoms with Crippen molar-refractivity contribution in [2.75, 3.05) is 39.7 Å². The number of nitrogens with zero attached hydrogens (tertiary/aromatic N) is 3. The summed E-state index contributed by atoms with van der Waals surface area (Å²) in [5, 5.41) is 6.99. The van der Waals surface area contributed by atoms with E-state index in [2.05, 4.69) is 53.6 Å². The maximum Gasteiger partial charge on any atom is 0.228 e. The summed E-state index contributed by atoms with van der Waals surface area (Å²) in [4.78, 5) is 19.2. The first-order valence-corrected chi connectivity index (χ1v) is 12.5. The Morgan fingerprint density at radius 1 is 0.947 bits per heavy atom. The number of rotatable bonds is 10. The fourth-order valence-electron chi connectivity index (χ4n) is 4.26. The lowest BCUT2D eigenvalue weighted by atomic mass is 9.93. The van der Waals surface area contributed by atoms with Gasteiger partial charge >= 0.3 is 0 Å². The minimum atomic E-state index is -0.0995. The molecule has 0 aliphatic rings. The Hall–Kier alpha value is -4.17. The average molecular weight is 515 g/mol. The van der Waals surface area contributed by atoms with Gasteiger partial charge in [0.05, 0.1) is 13.5 Å². The first-order valence-electron chi connectivity index (χ1n) is 12.5. The van der Waals surface area contributed by atoms with Crippen LogP contribution in [0.25, 0.3) is 22.5 Å². The van der Waals surface area contributed by atoms with E-state index in [9.17, 15) is 4.79 Å². The van der Waals surface area contributed by atoms with Crippen molar-refractivity contribution in [1.29, 1.82) is 0 Å². The van der Waals surface area contributed by atoms with Crippen LogP contribution in [0.15, 0.2) is 59.1 Å². The van der Waals surface area contributed by atoms with Crippen LogP contribution in [0.5, 0.6) is 11.5 Å². The van der Waals surface area contributed by atoms with Gasteiger partial charge in [0.25, 0.3) is 0 Å². The van der Waals surface area contributed by atoms with Crippen molar-refractivity contribution in [3.05, 3.63) is 77.2 Å². The lowest BCUT2D eigenvalue weighted by molar-refractivity contribution is -0.115. The van der Waals surface area contributed by atoms with Crippen LogP contribution in [0.4, 0.5) is 5.69 Å². The normalized spacial score (nSPS) is 11.0. The monoisotopic (exact) mass is 514 g/mol. The van der Waals surface area contributed by atoms with E-state index in [0.717, 1.165) is 39.9 Å². The van der Waals surface area contributed by atoms with E-state index in [0.29, 0.717) is 35.5 Å². The number of amides is 1. The van der Waals surface area contributed by atoms with E-state index in [4.69, 9.17) is 14.0 Å². The minimum Gasteiger partial charge on any atom is -0.493 e. The van der Waals surface area contributed by atoms with Crippen LogP contribution in [0.1, 0.15) is 22.6 Å². The maximum absolute atomic E-state index is 12.8. The van der Waals surface area contributed by atoms with Gasteiger partial charge in [-0.25, -0.2) is 0 Å². The highest BCUT2D eigenvalue weighted by Crippen LogP contribution is 2.32. The molecule has 38 heavy (non-hydrogen) atoms. The molecule has 4 rings (SSSR count). The molecule has 0 saturated heterocycles. The molecule has 4 aromatic rings. The number of hydrogen-bond acceptors (Lipinski definition) is 7. The lowest BCUT2D eigenvalue weighted by Gasteiger charge is -2.15. The molecule has 0 atom stereocenters. The average Bonchev–Trinajstić information content (AvgIpc) is 3.31. The van der Waals surface area contributed by atoms with Crippen LogP contribution in [-0.2, 0) is 11.2 Å². The Morgan fingerprint density at radius 2 is 1.68 bits per heavy atom. The van der Waals surface area contributed by atoms with Crippen molar-refractivity contribution >= 4 is 11.6 Å². The molecule has 0 spiro atoms. The number of benzene rings is 3. The molecule has 0 saturated carbocycles. The van der Waals surface area contributed by atoms with Gasteiger partial charge in [-0.3, -0.25) is 4.79 Å². The molecule has 1 heterocycles. The van der Waals surface area contributed by atoms with Crippen LogP contribution in [0.2, 0.25) is 0 Å². The first kappa shape index (κ1) is 26.9. The SMILES string of the molecule is COc1ccc(NC(=O)Cc2ccc(-c3ccc(-c4noc(C)n4)cc3C)c(C)c2)cc1OCCN(C)C. The van der Waals surface area contributed by atoms with Crippen LogP contribution in [0.3, 0.4) is 0 Å². The van der Waals surface area contributed by atoms with Crippen LogP contribution in [-0.4, -0.2) is 55.3 Å². The fourth-order valence-corrected chi connectivity index (χ4v) is 4.26. The number of aryl methyl sites for hydroxylation is 3. The van der Waals surface area contributed by atoms with Crippen molar-refractivity contribution in [3.63, 3.8) is 0 Å². The third-order valence-electron chi connectivity index (χ3n) is 6.20. The molecular formula is C30H34N4O4. The van der Waals surface area contributed by atoms with E-state index in [1.165, 1.54) is 0 Å². The summed E-state index contributed by atoms with van der Waals surface area (Å²) in [6.07, 6.45) is 0.263. The summed E-state index contributed by atoms with van der Waals surface area (Å²) >= 11 is 0. The Balaban J connectivity index is 1.44. The second kappa shape index (κ2) is 11.9. The molecule has 0 radical (unpaired) electrons. The van der Waals surface area contributed by atoms with Crippen molar-refractivity contribution in [3.8, 4) is 34.0 Å². The predicted molar refractivity (Wildman–Crippen MR) is 149 cm³/mol. The molecule has 0 fully saturated rings. The smallest absolute Gasteiger partial charge is 0.228 e. The molecule has 0 unspecified atom stereocenters. The van der Waals surface area contributed by atoms with Crippen molar-refractivity contribution in [2.45, 2.75) is 27.2 Å². The van der Waals surface area contributed by atoms with Crippen molar-refractivity contribution < 1.29 is 18.8 Å². The molecule has 0 aliphatic heterocycles. The molecule has 1 aromatic heterocycles. The third kappa shape index (κ3) is 6.58. The molecule has 0 bridgehead atoms. The molecule has 8 nitrogen and oxygen atoms in total. The van der Waals surface area contributed by atoms with Crippen LogP contribution < -0.4 is 14.8 Å². The molecule has 0 aliphatic carbocycles. The Kier molecular flexibility index (Phi) is 8.43. The number of aromatic nitrogens is 2. The van der Waals surface area contributed by atoms with E-state index >= 15 is 0 Å². The number of anilines is 1. The first-order chi connectivity index (χ1) is 18.2. The Bertz CT molecular complexity index is 1430. The van der Waals surface area contributed by atoms with Crippen LogP contribution in [0, 0.1) is 20.8 Å². The number of nitrogens with one attached hydrogen (secondary N) is 1.